The van der Waals surface area contributed by atoms with Gasteiger partial charge in [-0.1, -0.05) is 72.8 Å². The Labute approximate surface area is 213 Å². The second-order valence-electron chi connectivity index (χ2n) is 8.90. The number of hydrogen-bond acceptors (Lipinski definition) is 5. The molecule has 0 atom stereocenters. The Kier molecular flexibility index (Phi) is 8.74. The number of esters is 1. The fraction of sp³-hybridized carbons (Fsp3) is 0.333. The van der Waals surface area contributed by atoms with E-state index >= 15 is 0 Å². The standard InChI is InChI=1S/C30H34N2O4/c1-3-35-29(33)22-31(19-23-11-7-5-8-12-23)20-25-15-16-26(24-13-9-6-10-14-24)27-17-18-32(21-28(25)27)30(34)36-4-2/h5-16H,3-4,17-22H2,1-2H3. The smallest absolute Gasteiger partial charge is 0.410 e. The van der Waals surface area contributed by atoms with Crippen LogP contribution in [0.1, 0.15) is 36.1 Å². The third kappa shape index (κ3) is 6.32. The monoisotopic (exact) mass is 486 g/mol. The summed E-state index contributed by atoms with van der Waals surface area (Å²) in [6.07, 6.45) is 0.467. The van der Waals surface area contributed by atoms with Crippen LogP contribution in [0.4, 0.5) is 4.79 Å². The van der Waals surface area contributed by atoms with Gasteiger partial charge in [-0.3, -0.25) is 9.69 Å². The number of ether oxygens (including phenoxy) is 2. The molecule has 0 N–H and O–H groups in total. The third-order valence-electron chi connectivity index (χ3n) is 6.42. The molecule has 6 nitrogen and oxygen atoms in total. The Hall–Kier alpha value is -3.64. The van der Waals surface area contributed by atoms with E-state index in [9.17, 15) is 9.59 Å². The van der Waals surface area contributed by atoms with Gasteiger partial charge in [-0.25, -0.2) is 4.79 Å². The minimum Gasteiger partial charge on any atom is -0.465 e. The van der Waals surface area contributed by atoms with Crippen LogP contribution in [0.2, 0.25) is 0 Å². The van der Waals surface area contributed by atoms with E-state index < -0.39 is 0 Å². The van der Waals surface area contributed by atoms with E-state index in [1.165, 1.54) is 11.1 Å². The minimum atomic E-state index is -0.285. The van der Waals surface area contributed by atoms with Crippen molar-refractivity contribution in [1.82, 2.24) is 9.80 Å². The lowest BCUT2D eigenvalue weighted by atomic mass is 9.87. The Morgan fingerprint density at radius 2 is 1.53 bits per heavy atom. The normalized spacial score (nSPS) is 12.8. The quantitative estimate of drug-likeness (QED) is 0.377. The first kappa shape index (κ1) is 25.5. The zero-order valence-electron chi connectivity index (χ0n) is 21.1. The number of carbonyl (C=O) groups is 2. The van der Waals surface area contributed by atoms with Crippen molar-refractivity contribution < 1.29 is 19.1 Å². The highest BCUT2D eigenvalue weighted by molar-refractivity contribution is 5.73. The fourth-order valence-corrected chi connectivity index (χ4v) is 4.79. The first-order valence-electron chi connectivity index (χ1n) is 12.6. The number of amides is 1. The summed E-state index contributed by atoms with van der Waals surface area (Å²) in [6, 6.07) is 24.8. The highest BCUT2D eigenvalue weighted by Crippen LogP contribution is 2.33. The molecule has 0 bridgehead atoms. The van der Waals surface area contributed by atoms with Crippen LogP contribution < -0.4 is 0 Å². The number of benzene rings is 3. The van der Waals surface area contributed by atoms with Crippen LogP contribution in [0, 0.1) is 0 Å². The summed E-state index contributed by atoms with van der Waals surface area (Å²) in [7, 11) is 0. The number of carbonyl (C=O) groups excluding carboxylic acids is 2. The third-order valence-corrected chi connectivity index (χ3v) is 6.42. The maximum absolute atomic E-state index is 12.6. The Bertz CT molecular complexity index is 1160. The molecule has 0 fully saturated rings. The predicted molar refractivity (Wildman–Crippen MR) is 140 cm³/mol. The largest absolute Gasteiger partial charge is 0.465 e. The van der Waals surface area contributed by atoms with Crippen LogP contribution in [0.5, 0.6) is 0 Å². The van der Waals surface area contributed by atoms with Crippen molar-refractivity contribution in [3.63, 3.8) is 0 Å². The summed E-state index contributed by atoms with van der Waals surface area (Å²) in [5.41, 5.74) is 6.99. The van der Waals surface area contributed by atoms with Gasteiger partial charge in [0.2, 0.25) is 0 Å². The van der Waals surface area contributed by atoms with Crippen molar-refractivity contribution in [3.8, 4) is 11.1 Å². The summed E-state index contributed by atoms with van der Waals surface area (Å²) >= 11 is 0. The molecule has 6 heteroatoms. The summed E-state index contributed by atoms with van der Waals surface area (Å²) in [5, 5.41) is 0. The van der Waals surface area contributed by atoms with Crippen molar-refractivity contribution in [2.24, 2.45) is 0 Å². The van der Waals surface area contributed by atoms with Gasteiger partial charge in [-0.2, -0.15) is 0 Å². The molecule has 0 spiro atoms. The average Bonchev–Trinajstić information content (AvgIpc) is 2.90. The van der Waals surface area contributed by atoms with Crippen LogP contribution in [0.15, 0.2) is 72.8 Å². The van der Waals surface area contributed by atoms with Gasteiger partial charge in [-0.15, -0.1) is 0 Å². The van der Waals surface area contributed by atoms with Crippen molar-refractivity contribution in [2.45, 2.75) is 39.9 Å². The number of fused-ring (bicyclic) bond motifs is 1. The van der Waals surface area contributed by atoms with Crippen molar-refractivity contribution in [2.75, 3.05) is 26.3 Å². The van der Waals surface area contributed by atoms with Crippen LogP contribution in [0.25, 0.3) is 11.1 Å². The maximum Gasteiger partial charge on any atom is 0.410 e. The van der Waals surface area contributed by atoms with E-state index in [2.05, 4.69) is 41.3 Å². The zero-order chi connectivity index (χ0) is 25.3. The SMILES string of the molecule is CCOC(=O)CN(Cc1ccccc1)Cc1ccc(-c2ccccc2)c2c1CN(C(=O)OCC)CC2. The fourth-order valence-electron chi connectivity index (χ4n) is 4.79. The van der Waals surface area contributed by atoms with Gasteiger partial charge in [0, 0.05) is 26.2 Å². The topological polar surface area (TPSA) is 59.1 Å². The van der Waals surface area contributed by atoms with E-state index in [0.717, 1.165) is 28.7 Å². The van der Waals surface area contributed by atoms with Crippen molar-refractivity contribution in [3.05, 3.63) is 95.1 Å². The van der Waals surface area contributed by atoms with Crippen LogP contribution in [0.3, 0.4) is 0 Å². The maximum atomic E-state index is 12.6. The Balaban J connectivity index is 1.69. The van der Waals surface area contributed by atoms with Gasteiger partial charge >= 0.3 is 12.1 Å². The first-order valence-corrected chi connectivity index (χ1v) is 12.6. The van der Waals surface area contributed by atoms with E-state index in [4.69, 9.17) is 9.47 Å². The van der Waals surface area contributed by atoms with Gasteiger partial charge in [0.15, 0.2) is 0 Å². The molecule has 3 aromatic carbocycles. The predicted octanol–water partition coefficient (Wildman–Crippen LogP) is 5.43. The lowest BCUT2D eigenvalue weighted by molar-refractivity contribution is -0.144. The molecule has 0 saturated carbocycles. The molecule has 3 aromatic rings. The molecule has 0 saturated heterocycles. The van der Waals surface area contributed by atoms with Gasteiger partial charge < -0.3 is 14.4 Å². The lowest BCUT2D eigenvalue weighted by Gasteiger charge is -2.32. The molecule has 1 aliphatic rings. The van der Waals surface area contributed by atoms with Gasteiger partial charge in [0.05, 0.1) is 19.8 Å². The van der Waals surface area contributed by atoms with E-state index in [0.29, 0.717) is 39.4 Å². The van der Waals surface area contributed by atoms with E-state index in [-0.39, 0.29) is 18.6 Å². The molecular weight excluding hydrogens is 452 g/mol. The molecule has 1 aliphatic heterocycles. The van der Waals surface area contributed by atoms with E-state index in [1.54, 1.807) is 4.90 Å². The Morgan fingerprint density at radius 3 is 2.22 bits per heavy atom. The van der Waals surface area contributed by atoms with Crippen LogP contribution in [-0.4, -0.2) is 48.2 Å². The zero-order valence-corrected chi connectivity index (χ0v) is 21.1. The molecule has 0 aliphatic carbocycles. The second kappa shape index (κ2) is 12.4. The molecule has 0 radical (unpaired) electrons. The highest BCUT2D eigenvalue weighted by atomic mass is 16.6. The van der Waals surface area contributed by atoms with Crippen LogP contribution in [-0.2, 0) is 40.3 Å². The molecule has 1 heterocycles. The first-order chi connectivity index (χ1) is 17.6. The van der Waals surface area contributed by atoms with Crippen molar-refractivity contribution >= 4 is 12.1 Å². The molecule has 188 valence electrons. The van der Waals surface area contributed by atoms with Gasteiger partial charge in [-0.05, 0) is 53.6 Å². The number of hydrogen-bond donors (Lipinski definition) is 0. The molecule has 0 aromatic heterocycles. The molecule has 4 rings (SSSR count). The highest BCUT2D eigenvalue weighted by Gasteiger charge is 2.27. The van der Waals surface area contributed by atoms with Crippen LogP contribution >= 0.6 is 0 Å². The Morgan fingerprint density at radius 1 is 0.833 bits per heavy atom. The minimum absolute atomic E-state index is 0.194. The molecule has 1 amide bonds. The molecule has 0 unspecified atom stereocenters. The number of rotatable bonds is 9. The lowest BCUT2D eigenvalue weighted by Crippen LogP contribution is -2.38. The number of nitrogens with zero attached hydrogens (tertiary/aromatic N) is 2. The summed E-state index contributed by atoms with van der Waals surface area (Å²) in [6.45, 7) is 6.84. The van der Waals surface area contributed by atoms with Crippen molar-refractivity contribution in [1.29, 1.82) is 0 Å². The summed E-state index contributed by atoms with van der Waals surface area (Å²) in [4.78, 5) is 28.9. The van der Waals surface area contributed by atoms with Gasteiger partial charge in [0.25, 0.3) is 0 Å². The molecular formula is C30H34N2O4. The van der Waals surface area contributed by atoms with E-state index in [1.807, 2.05) is 50.2 Å². The van der Waals surface area contributed by atoms with Gasteiger partial charge in [0.1, 0.15) is 0 Å². The molecule has 36 heavy (non-hydrogen) atoms. The second-order valence-corrected chi connectivity index (χ2v) is 8.90. The summed E-state index contributed by atoms with van der Waals surface area (Å²) < 4.78 is 10.6. The average molecular weight is 487 g/mol. The summed E-state index contributed by atoms with van der Waals surface area (Å²) in [5.74, 6) is -0.239.